The van der Waals surface area contributed by atoms with Crippen molar-refractivity contribution in [2.45, 2.75) is 12.8 Å². The second kappa shape index (κ2) is 7.40. The first kappa shape index (κ1) is 16.4. The van der Waals surface area contributed by atoms with Gasteiger partial charge in [-0.25, -0.2) is 0 Å². The third-order valence-corrected chi connectivity index (χ3v) is 4.24. The topological polar surface area (TPSA) is 64.4 Å². The van der Waals surface area contributed by atoms with Gasteiger partial charge in [-0.05, 0) is 37.0 Å². The van der Waals surface area contributed by atoms with Gasteiger partial charge in [0, 0.05) is 32.9 Å². The van der Waals surface area contributed by atoms with Crippen molar-refractivity contribution in [3.63, 3.8) is 0 Å². The molecule has 126 valence electrons. The number of carbonyl (C=O) groups is 1. The molecule has 2 aromatic rings. The molecular weight excluding hydrogens is 306 g/mol. The number of amides is 1. The van der Waals surface area contributed by atoms with E-state index in [4.69, 9.17) is 4.74 Å². The van der Waals surface area contributed by atoms with Gasteiger partial charge in [0.25, 0.3) is 11.5 Å². The van der Waals surface area contributed by atoms with Crippen LogP contribution in [0.5, 0.6) is 0 Å². The van der Waals surface area contributed by atoms with Crippen molar-refractivity contribution < 1.29 is 9.53 Å². The Labute approximate surface area is 140 Å². The summed E-state index contributed by atoms with van der Waals surface area (Å²) in [5.74, 6) is 0.277. The molecule has 0 spiro atoms. The van der Waals surface area contributed by atoms with Crippen molar-refractivity contribution in [3.8, 4) is 5.69 Å². The van der Waals surface area contributed by atoms with Crippen LogP contribution in [-0.2, 0) is 4.74 Å². The van der Waals surface area contributed by atoms with Gasteiger partial charge >= 0.3 is 0 Å². The highest BCUT2D eigenvalue weighted by molar-refractivity contribution is 5.91. The minimum absolute atomic E-state index is 0.175. The lowest BCUT2D eigenvalue weighted by atomic mass is 10.00. The molecular formula is C18H21N3O3. The zero-order valence-corrected chi connectivity index (χ0v) is 13.7. The van der Waals surface area contributed by atoms with Crippen LogP contribution in [0.25, 0.3) is 5.69 Å². The number of carbonyl (C=O) groups excluding carboxylic acids is 1. The second-order valence-corrected chi connectivity index (χ2v) is 6.05. The van der Waals surface area contributed by atoms with Crippen molar-refractivity contribution in [1.82, 2.24) is 14.7 Å². The van der Waals surface area contributed by atoms with Gasteiger partial charge in [0.05, 0.1) is 5.69 Å². The first-order valence-corrected chi connectivity index (χ1v) is 8.14. The normalized spacial score (nSPS) is 15.2. The van der Waals surface area contributed by atoms with Gasteiger partial charge < -0.3 is 9.64 Å². The zero-order valence-electron chi connectivity index (χ0n) is 13.7. The highest BCUT2D eigenvalue weighted by Crippen LogP contribution is 2.16. The molecule has 24 heavy (non-hydrogen) atoms. The monoisotopic (exact) mass is 327 g/mol. The number of ether oxygens (including phenoxy) is 1. The molecule has 0 atom stereocenters. The summed E-state index contributed by atoms with van der Waals surface area (Å²) in [5.41, 5.74) is 0.655. The number of nitrogens with zero attached hydrogens (tertiary/aromatic N) is 3. The zero-order chi connectivity index (χ0) is 16.9. The van der Waals surface area contributed by atoms with Gasteiger partial charge in [0.2, 0.25) is 0 Å². The largest absolute Gasteiger partial charge is 0.381 e. The molecule has 0 aliphatic carbocycles. The number of para-hydroxylation sites is 1. The Morgan fingerprint density at radius 2 is 1.92 bits per heavy atom. The minimum Gasteiger partial charge on any atom is -0.381 e. The summed E-state index contributed by atoms with van der Waals surface area (Å²) in [6.45, 7) is 2.18. The van der Waals surface area contributed by atoms with Crippen LogP contribution in [-0.4, -0.2) is 47.4 Å². The average Bonchev–Trinajstić information content (AvgIpc) is 2.63. The van der Waals surface area contributed by atoms with Gasteiger partial charge in [0.15, 0.2) is 0 Å². The van der Waals surface area contributed by atoms with Crippen LogP contribution in [0.2, 0.25) is 0 Å². The molecule has 0 radical (unpaired) electrons. The Kier molecular flexibility index (Phi) is 5.05. The Morgan fingerprint density at radius 1 is 1.21 bits per heavy atom. The van der Waals surface area contributed by atoms with Gasteiger partial charge in [-0.15, -0.1) is 0 Å². The van der Waals surface area contributed by atoms with E-state index in [0.717, 1.165) is 26.1 Å². The van der Waals surface area contributed by atoms with E-state index in [0.29, 0.717) is 18.2 Å². The molecule has 1 aromatic carbocycles. The lowest BCUT2D eigenvalue weighted by Crippen LogP contribution is -2.35. The van der Waals surface area contributed by atoms with E-state index in [1.165, 1.54) is 16.8 Å². The molecule has 3 rings (SSSR count). The smallest absolute Gasteiger partial charge is 0.274 e. The molecule has 6 nitrogen and oxygen atoms in total. The van der Waals surface area contributed by atoms with Crippen molar-refractivity contribution in [1.29, 1.82) is 0 Å². The number of hydrogen-bond donors (Lipinski definition) is 0. The summed E-state index contributed by atoms with van der Waals surface area (Å²) in [6.07, 6.45) is 1.93. The molecule has 1 aliphatic heterocycles. The molecule has 1 amide bonds. The van der Waals surface area contributed by atoms with Crippen molar-refractivity contribution in [2.24, 2.45) is 5.92 Å². The average molecular weight is 327 g/mol. The summed E-state index contributed by atoms with van der Waals surface area (Å²) < 4.78 is 6.61. The van der Waals surface area contributed by atoms with E-state index in [1.807, 2.05) is 18.2 Å². The Morgan fingerprint density at radius 3 is 2.62 bits per heavy atom. The predicted octanol–water partition coefficient (Wildman–Crippen LogP) is 1.73. The van der Waals surface area contributed by atoms with Gasteiger partial charge in [0.1, 0.15) is 5.69 Å². The Hall–Kier alpha value is -2.47. The molecule has 0 bridgehead atoms. The van der Waals surface area contributed by atoms with Crippen LogP contribution in [0.4, 0.5) is 0 Å². The Balaban J connectivity index is 1.78. The lowest BCUT2D eigenvalue weighted by molar-refractivity contribution is 0.0494. The first-order valence-electron chi connectivity index (χ1n) is 8.14. The number of rotatable bonds is 4. The van der Waals surface area contributed by atoms with Crippen LogP contribution < -0.4 is 5.56 Å². The standard InChI is InChI=1S/C18H21N3O3/c1-20(13-14-9-11-24-12-10-14)18(23)16-7-8-17(22)21(19-16)15-5-3-2-4-6-15/h2-8,14H,9-13H2,1H3. The Bertz CT molecular complexity index is 752. The van der Waals surface area contributed by atoms with Crippen LogP contribution in [0, 0.1) is 5.92 Å². The van der Waals surface area contributed by atoms with Gasteiger partial charge in [-0.3, -0.25) is 9.59 Å². The molecule has 0 saturated carbocycles. The fourth-order valence-electron chi connectivity index (χ4n) is 2.87. The van der Waals surface area contributed by atoms with E-state index in [-0.39, 0.29) is 17.2 Å². The maximum Gasteiger partial charge on any atom is 0.274 e. The summed E-state index contributed by atoms with van der Waals surface area (Å²) in [5, 5.41) is 4.24. The number of aromatic nitrogens is 2. The van der Waals surface area contributed by atoms with Gasteiger partial charge in [-0.1, -0.05) is 18.2 Å². The molecule has 1 aliphatic rings. The van der Waals surface area contributed by atoms with Crippen LogP contribution >= 0.6 is 0 Å². The SMILES string of the molecule is CN(CC1CCOCC1)C(=O)c1ccc(=O)n(-c2ccccc2)n1. The van der Waals surface area contributed by atoms with Crippen LogP contribution in [0.1, 0.15) is 23.3 Å². The third-order valence-electron chi connectivity index (χ3n) is 4.24. The highest BCUT2D eigenvalue weighted by atomic mass is 16.5. The van der Waals surface area contributed by atoms with E-state index in [1.54, 1.807) is 24.1 Å². The maximum absolute atomic E-state index is 12.6. The lowest BCUT2D eigenvalue weighted by Gasteiger charge is -2.27. The van der Waals surface area contributed by atoms with Crippen molar-refractivity contribution in [3.05, 3.63) is 58.5 Å². The van der Waals surface area contributed by atoms with E-state index < -0.39 is 0 Å². The maximum atomic E-state index is 12.6. The summed E-state index contributed by atoms with van der Waals surface area (Å²) in [7, 11) is 1.78. The third kappa shape index (κ3) is 3.71. The molecule has 0 unspecified atom stereocenters. The fraction of sp³-hybridized carbons (Fsp3) is 0.389. The molecule has 2 heterocycles. The first-order chi connectivity index (χ1) is 11.6. The molecule has 1 fully saturated rings. The molecule has 1 aromatic heterocycles. The highest BCUT2D eigenvalue weighted by Gasteiger charge is 2.21. The quantitative estimate of drug-likeness (QED) is 0.858. The van der Waals surface area contributed by atoms with E-state index in [9.17, 15) is 9.59 Å². The van der Waals surface area contributed by atoms with E-state index >= 15 is 0 Å². The number of benzene rings is 1. The second-order valence-electron chi connectivity index (χ2n) is 6.05. The van der Waals surface area contributed by atoms with Crippen molar-refractivity contribution in [2.75, 3.05) is 26.8 Å². The summed E-state index contributed by atoms with van der Waals surface area (Å²) in [6, 6.07) is 12.0. The van der Waals surface area contributed by atoms with E-state index in [2.05, 4.69) is 5.10 Å². The molecule has 1 saturated heterocycles. The van der Waals surface area contributed by atoms with Gasteiger partial charge in [-0.2, -0.15) is 9.78 Å². The van der Waals surface area contributed by atoms with Crippen LogP contribution in [0.15, 0.2) is 47.3 Å². The fourth-order valence-corrected chi connectivity index (χ4v) is 2.87. The minimum atomic E-state index is -0.259. The van der Waals surface area contributed by atoms with Crippen LogP contribution in [0.3, 0.4) is 0 Å². The predicted molar refractivity (Wildman–Crippen MR) is 90.3 cm³/mol. The summed E-state index contributed by atoms with van der Waals surface area (Å²) in [4.78, 5) is 26.4. The number of hydrogen-bond acceptors (Lipinski definition) is 4. The molecule has 6 heteroatoms. The van der Waals surface area contributed by atoms with Crippen molar-refractivity contribution >= 4 is 5.91 Å². The molecule has 0 N–H and O–H groups in total. The summed E-state index contributed by atoms with van der Waals surface area (Å²) >= 11 is 0.